The summed E-state index contributed by atoms with van der Waals surface area (Å²) in [4.78, 5) is 29.0. The first-order chi connectivity index (χ1) is 9.18. The molecule has 3 rings (SSSR count). The van der Waals surface area contributed by atoms with Gasteiger partial charge in [0.15, 0.2) is 5.69 Å². The van der Waals surface area contributed by atoms with E-state index in [0.29, 0.717) is 6.54 Å². The van der Waals surface area contributed by atoms with E-state index in [0.717, 1.165) is 29.0 Å². The monoisotopic (exact) mass is 274 g/mol. The number of thiazole rings is 1. The second-order valence-corrected chi connectivity index (χ2v) is 5.03. The fraction of sp³-hybridized carbons (Fsp3) is 0.154. The van der Waals surface area contributed by atoms with E-state index in [4.69, 9.17) is 5.11 Å². The van der Waals surface area contributed by atoms with E-state index < -0.39 is 5.97 Å². The second kappa shape index (κ2) is 4.47. The van der Waals surface area contributed by atoms with Gasteiger partial charge in [-0.25, -0.2) is 9.78 Å². The molecule has 6 heteroatoms. The molecule has 0 atom stereocenters. The Balaban J connectivity index is 1.98. The number of carboxylic acids is 1. The number of aromatic carboxylic acids is 1. The van der Waals surface area contributed by atoms with Crippen molar-refractivity contribution in [2.24, 2.45) is 0 Å². The lowest BCUT2D eigenvalue weighted by Crippen LogP contribution is -2.29. The fourth-order valence-corrected chi connectivity index (χ4v) is 2.95. The van der Waals surface area contributed by atoms with Crippen LogP contribution >= 0.6 is 11.3 Å². The maximum Gasteiger partial charge on any atom is 0.356 e. The average molecular weight is 274 g/mol. The number of carbonyl (C=O) groups excluding carboxylic acids is 1. The summed E-state index contributed by atoms with van der Waals surface area (Å²) in [7, 11) is 0. The van der Waals surface area contributed by atoms with Crippen molar-refractivity contribution in [2.45, 2.75) is 6.42 Å². The minimum absolute atomic E-state index is 0.167. The number of anilines is 1. The van der Waals surface area contributed by atoms with Gasteiger partial charge in [-0.1, -0.05) is 18.2 Å². The minimum Gasteiger partial charge on any atom is -0.476 e. The first kappa shape index (κ1) is 11.9. The summed E-state index contributed by atoms with van der Waals surface area (Å²) in [5, 5.41) is 9.01. The SMILES string of the molecule is O=C(O)c1ncsc1C(=O)N1CCc2ccccc21. The maximum absolute atomic E-state index is 12.4. The Bertz CT molecular complexity index is 665. The number of nitrogens with zero attached hydrogens (tertiary/aromatic N) is 2. The molecule has 96 valence electrons. The zero-order valence-electron chi connectivity index (χ0n) is 9.87. The number of carbonyl (C=O) groups is 2. The summed E-state index contributed by atoms with van der Waals surface area (Å²) in [6, 6.07) is 7.66. The summed E-state index contributed by atoms with van der Waals surface area (Å²) >= 11 is 1.06. The van der Waals surface area contributed by atoms with Crippen LogP contribution in [0.1, 0.15) is 25.7 Å². The van der Waals surface area contributed by atoms with Crippen molar-refractivity contribution in [1.82, 2.24) is 4.98 Å². The quantitative estimate of drug-likeness (QED) is 0.909. The molecule has 1 aromatic carbocycles. The van der Waals surface area contributed by atoms with Gasteiger partial charge in [0.2, 0.25) is 0 Å². The number of hydrogen-bond donors (Lipinski definition) is 1. The lowest BCUT2D eigenvalue weighted by Gasteiger charge is -2.16. The Hall–Kier alpha value is -2.21. The predicted molar refractivity (Wildman–Crippen MR) is 70.9 cm³/mol. The van der Waals surface area contributed by atoms with Crippen molar-refractivity contribution in [3.05, 3.63) is 45.9 Å². The number of amides is 1. The van der Waals surface area contributed by atoms with Gasteiger partial charge >= 0.3 is 5.97 Å². The summed E-state index contributed by atoms with van der Waals surface area (Å²) in [5.74, 6) is -1.46. The van der Waals surface area contributed by atoms with Crippen molar-refractivity contribution in [2.75, 3.05) is 11.4 Å². The molecule has 0 fully saturated rings. The predicted octanol–water partition coefficient (Wildman–Crippen LogP) is 2.04. The Kier molecular flexibility index (Phi) is 2.79. The van der Waals surface area contributed by atoms with Gasteiger partial charge in [-0.2, -0.15) is 0 Å². The Labute approximate surface area is 113 Å². The van der Waals surface area contributed by atoms with E-state index >= 15 is 0 Å². The van der Waals surface area contributed by atoms with Crippen LogP contribution in [0.15, 0.2) is 29.8 Å². The van der Waals surface area contributed by atoms with Crippen molar-refractivity contribution in [3.63, 3.8) is 0 Å². The van der Waals surface area contributed by atoms with Crippen molar-refractivity contribution < 1.29 is 14.7 Å². The number of carboxylic acid groups (broad SMARTS) is 1. The topological polar surface area (TPSA) is 70.5 Å². The van der Waals surface area contributed by atoms with Crippen LogP contribution in [-0.2, 0) is 6.42 Å². The molecule has 0 spiro atoms. The fourth-order valence-electron chi connectivity index (χ4n) is 2.22. The number of benzene rings is 1. The lowest BCUT2D eigenvalue weighted by atomic mass is 10.2. The molecule has 0 saturated carbocycles. The lowest BCUT2D eigenvalue weighted by molar-refractivity contribution is 0.0686. The van der Waals surface area contributed by atoms with Crippen LogP contribution in [0.2, 0.25) is 0 Å². The molecule has 1 aliphatic heterocycles. The van der Waals surface area contributed by atoms with E-state index in [1.807, 2.05) is 24.3 Å². The van der Waals surface area contributed by atoms with E-state index in [2.05, 4.69) is 4.98 Å². The number of para-hydroxylation sites is 1. The molecule has 0 radical (unpaired) electrons. The van der Waals surface area contributed by atoms with Crippen LogP contribution in [0, 0.1) is 0 Å². The van der Waals surface area contributed by atoms with Gasteiger partial charge in [0.25, 0.3) is 5.91 Å². The third-order valence-corrected chi connectivity index (χ3v) is 3.91. The summed E-state index contributed by atoms with van der Waals surface area (Å²) in [6.45, 7) is 0.579. The third-order valence-electron chi connectivity index (χ3n) is 3.10. The summed E-state index contributed by atoms with van der Waals surface area (Å²) in [5.41, 5.74) is 3.19. The van der Waals surface area contributed by atoms with Gasteiger partial charge in [-0.3, -0.25) is 4.79 Å². The highest BCUT2D eigenvalue weighted by atomic mass is 32.1. The van der Waals surface area contributed by atoms with Gasteiger partial charge in [-0.05, 0) is 18.1 Å². The molecular weight excluding hydrogens is 264 g/mol. The van der Waals surface area contributed by atoms with Crippen molar-refractivity contribution in [1.29, 1.82) is 0 Å². The molecule has 1 amide bonds. The zero-order chi connectivity index (χ0) is 13.4. The molecule has 2 aromatic rings. The van der Waals surface area contributed by atoms with E-state index in [-0.39, 0.29) is 16.5 Å². The Morgan fingerprint density at radius 2 is 2.11 bits per heavy atom. The Morgan fingerprint density at radius 3 is 2.89 bits per heavy atom. The molecule has 0 unspecified atom stereocenters. The van der Waals surface area contributed by atoms with Gasteiger partial charge < -0.3 is 10.0 Å². The van der Waals surface area contributed by atoms with E-state index in [9.17, 15) is 9.59 Å². The highest BCUT2D eigenvalue weighted by Crippen LogP contribution is 2.30. The first-order valence-corrected chi connectivity index (χ1v) is 6.63. The summed E-state index contributed by atoms with van der Waals surface area (Å²) < 4.78 is 0. The number of rotatable bonds is 2. The molecule has 0 bridgehead atoms. The molecule has 0 saturated heterocycles. The van der Waals surface area contributed by atoms with Crippen LogP contribution in [0.3, 0.4) is 0 Å². The second-order valence-electron chi connectivity index (χ2n) is 4.17. The highest BCUT2D eigenvalue weighted by Gasteiger charge is 2.29. The average Bonchev–Trinajstić information content (AvgIpc) is 3.05. The van der Waals surface area contributed by atoms with Crippen molar-refractivity contribution >= 4 is 28.9 Å². The molecule has 1 aliphatic rings. The van der Waals surface area contributed by atoms with E-state index in [1.54, 1.807) is 4.90 Å². The minimum atomic E-state index is -1.17. The molecular formula is C13H10N2O3S. The first-order valence-electron chi connectivity index (χ1n) is 5.75. The van der Waals surface area contributed by atoms with Gasteiger partial charge in [0.05, 0.1) is 5.51 Å². The van der Waals surface area contributed by atoms with E-state index in [1.165, 1.54) is 5.51 Å². The third kappa shape index (κ3) is 1.90. The van der Waals surface area contributed by atoms with Gasteiger partial charge in [-0.15, -0.1) is 11.3 Å². The molecule has 5 nitrogen and oxygen atoms in total. The van der Waals surface area contributed by atoms with Gasteiger partial charge in [0, 0.05) is 12.2 Å². The van der Waals surface area contributed by atoms with Crippen LogP contribution in [0.25, 0.3) is 0 Å². The normalized spacial score (nSPS) is 13.4. The number of aromatic nitrogens is 1. The largest absolute Gasteiger partial charge is 0.476 e. The molecule has 19 heavy (non-hydrogen) atoms. The zero-order valence-corrected chi connectivity index (χ0v) is 10.7. The van der Waals surface area contributed by atoms with Crippen LogP contribution < -0.4 is 4.90 Å². The number of hydrogen-bond acceptors (Lipinski definition) is 4. The van der Waals surface area contributed by atoms with Crippen LogP contribution in [0.4, 0.5) is 5.69 Å². The molecule has 2 heterocycles. The van der Waals surface area contributed by atoms with Crippen LogP contribution in [0.5, 0.6) is 0 Å². The van der Waals surface area contributed by atoms with Gasteiger partial charge in [0.1, 0.15) is 4.88 Å². The summed E-state index contributed by atoms with van der Waals surface area (Å²) in [6.07, 6.45) is 0.795. The Morgan fingerprint density at radius 1 is 1.32 bits per heavy atom. The molecule has 1 N–H and O–H groups in total. The standard InChI is InChI=1S/C13H10N2O3S/c16-12(11-10(13(17)18)14-7-19-11)15-6-5-8-3-1-2-4-9(8)15/h1-4,7H,5-6H2,(H,17,18). The van der Waals surface area contributed by atoms with Crippen LogP contribution in [-0.4, -0.2) is 28.5 Å². The number of fused-ring (bicyclic) bond motifs is 1. The molecule has 0 aliphatic carbocycles. The smallest absolute Gasteiger partial charge is 0.356 e. The highest BCUT2D eigenvalue weighted by molar-refractivity contribution is 7.12. The molecule has 1 aromatic heterocycles. The maximum atomic E-state index is 12.4. The van der Waals surface area contributed by atoms with Crippen molar-refractivity contribution in [3.8, 4) is 0 Å².